The summed E-state index contributed by atoms with van der Waals surface area (Å²) in [5.41, 5.74) is -0.928. The van der Waals surface area contributed by atoms with Crippen LogP contribution < -0.4 is 16.6 Å². The molecule has 2 rings (SSSR count). The summed E-state index contributed by atoms with van der Waals surface area (Å²) in [6, 6.07) is 4.66. The van der Waals surface area contributed by atoms with Gasteiger partial charge in [0.2, 0.25) is 5.91 Å². The van der Waals surface area contributed by atoms with E-state index in [1.807, 2.05) is 13.0 Å². The fourth-order valence-electron chi connectivity index (χ4n) is 1.81. The zero-order chi connectivity index (χ0) is 15.6. The molecule has 0 bridgehead atoms. The highest BCUT2D eigenvalue weighted by Gasteiger charge is 2.13. The van der Waals surface area contributed by atoms with E-state index in [1.165, 1.54) is 35.2 Å². The fourth-order valence-corrected chi connectivity index (χ4v) is 2.87. The minimum absolute atomic E-state index is 0.142. The molecule has 8 heteroatoms. The number of hydrogen-bond donors (Lipinski definition) is 1. The number of carbonyl (C=O) groups excluding carboxylic acids is 1. The molecule has 21 heavy (non-hydrogen) atoms. The van der Waals surface area contributed by atoms with Gasteiger partial charge in [-0.1, -0.05) is 11.6 Å². The van der Waals surface area contributed by atoms with Gasteiger partial charge >= 0.3 is 5.69 Å². The Bertz CT molecular complexity index is 777. The van der Waals surface area contributed by atoms with Crippen LogP contribution in [0.1, 0.15) is 17.8 Å². The molecule has 0 saturated heterocycles. The number of halogens is 1. The van der Waals surface area contributed by atoms with E-state index in [0.717, 1.165) is 9.44 Å². The fraction of sp³-hybridized carbons (Fsp3) is 0.308. The van der Waals surface area contributed by atoms with Gasteiger partial charge in [0.1, 0.15) is 6.54 Å². The van der Waals surface area contributed by atoms with E-state index >= 15 is 0 Å². The SMILES string of the molecule is C[C@@H](NC(=O)Cn1ccc(=O)n(C)c1=O)c1ccc(Cl)s1. The number of hydrogen-bond acceptors (Lipinski definition) is 4. The molecular formula is C13H14ClN3O3S. The normalized spacial score (nSPS) is 12.1. The highest BCUT2D eigenvalue weighted by Crippen LogP contribution is 2.26. The Morgan fingerprint density at radius 2 is 2.10 bits per heavy atom. The third-order valence-electron chi connectivity index (χ3n) is 2.97. The number of rotatable bonds is 4. The third-order valence-corrected chi connectivity index (χ3v) is 4.39. The van der Waals surface area contributed by atoms with Crippen LogP contribution in [0.3, 0.4) is 0 Å². The predicted molar refractivity (Wildman–Crippen MR) is 81.8 cm³/mol. The van der Waals surface area contributed by atoms with Crippen molar-refractivity contribution >= 4 is 28.8 Å². The second-order valence-electron chi connectivity index (χ2n) is 4.55. The van der Waals surface area contributed by atoms with Gasteiger partial charge in [-0.25, -0.2) is 4.79 Å². The van der Waals surface area contributed by atoms with E-state index < -0.39 is 11.2 Å². The van der Waals surface area contributed by atoms with E-state index in [0.29, 0.717) is 4.34 Å². The molecule has 0 aromatic carbocycles. The van der Waals surface area contributed by atoms with Gasteiger partial charge in [0.05, 0.1) is 10.4 Å². The molecule has 112 valence electrons. The van der Waals surface area contributed by atoms with Gasteiger partial charge in [0.25, 0.3) is 5.56 Å². The molecule has 0 radical (unpaired) electrons. The Morgan fingerprint density at radius 3 is 2.71 bits per heavy atom. The second kappa shape index (κ2) is 6.28. The average molecular weight is 328 g/mol. The smallest absolute Gasteiger partial charge is 0.331 e. The molecule has 1 atom stereocenters. The lowest BCUT2D eigenvalue weighted by Gasteiger charge is -2.13. The Labute approximate surface area is 129 Å². The number of carbonyl (C=O) groups is 1. The first-order chi connectivity index (χ1) is 9.88. The van der Waals surface area contributed by atoms with E-state index in [-0.39, 0.29) is 18.5 Å². The lowest BCUT2D eigenvalue weighted by atomic mass is 10.3. The van der Waals surface area contributed by atoms with Crippen molar-refractivity contribution in [3.63, 3.8) is 0 Å². The molecule has 2 heterocycles. The van der Waals surface area contributed by atoms with Crippen molar-refractivity contribution < 1.29 is 4.79 Å². The number of thiophene rings is 1. The van der Waals surface area contributed by atoms with Gasteiger partial charge in [-0.05, 0) is 19.1 Å². The minimum Gasteiger partial charge on any atom is -0.347 e. The summed E-state index contributed by atoms with van der Waals surface area (Å²) in [4.78, 5) is 36.0. The Balaban J connectivity index is 2.07. The summed E-state index contributed by atoms with van der Waals surface area (Å²) in [5.74, 6) is -0.312. The zero-order valence-corrected chi connectivity index (χ0v) is 13.1. The number of nitrogens with one attached hydrogen (secondary N) is 1. The van der Waals surface area contributed by atoms with Crippen LogP contribution in [0.4, 0.5) is 0 Å². The van der Waals surface area contributed by atoms with Crippen molar-refractivity contribution in [2.45, 2.75) is 19.5 Å². The third kappa shape index (κ3) is 3.62. The van der Waals surface area contributed by atoms with Gasteiger partial charge in [-0.2, -0.15) is 0 Å². The highest BCUT2D eigenvalue weighted by molar-refractivity contribution is 7.16. The van der Waals surface area contributed by atoms with Crippen LogP contribution >= 0.6 is 22.9 Å². The number of nitrogens with zero attached hydrogens (tertiary/aromatic N) is 2. The second-order valence-corrected chi connectivity index (χ2v) is 6.30. The predicted octanol–water partition coefficient (Wildman–Crippen LogP) is 1.14. The van der Waals surface area contributed by atoms with Crippen molar-refractivity contribution in [2.24, 2.45) is 7.05 Å². The van der Waals surface area contributed by atoms with Gasteiger partial charge in [0, 0.05) is 24.2 Å². The summed E-state index contributed by atoms with van der Waals surface area (Å²) in [5, 5.41) is 2.79. The molecule has 0 fully saturated rings. The first-order valence-corrected chi connectivity index (χ1v) is 7.39. The Morgan fingerprint density at radius 1 is 1.38 bits per heavy atom. The topological polar surface area (TPSA) is 73.1 Å². The quantitative estimate of drug-likeness (QED) is 0.915. The highest BCUT2D eigenvalue weighted by atomic mass is 35.5. The molecule has 0 spiro atoms. The van der Waals surface area contributed by atoms with Gasteiger partial charge in [0.15, 0.2) is 0 Å². The largest absolute Gasteiger partial charge is 0.347 e. The number of aromatic nitrogens is 2. The van der Waals surface area contributed by atoms with E-state index in [4.69, 9.17) is 11.6 Å². The molecule has 1 amide bonds. The monoisotopic (exact) mass is 327 g/mol. The van der Waals surface area contributed by atoms with E-state index in [1.54, 1.807) is 6.07 Å². The lowest BCUT2D eigenvalue weighted by molar-refractivity contribution is -0.122. The molecule has 0 aliphatic carbocycles. The van der Waals surface area contributed by atoms with Crippen LogP contribution in [-0.2, 0) is 18.4 Å². The summed E-state index contributed by atoms with van der Waals surface area (Å²) >= 11 is 7.24. The summed E-state index contributed by atoms with van der Waals surface area (Å²) in [7, 11) is 1.37. The molecule has 0 unspecified atom stereocenters. The maximum Gasteiger partial charge on any atom is 0.331 e. The molecule has 1 N–H and O–H groups in total. The van der Waals surface area contributed by atoms with Crippen molar-refractivity contribution in [3.8, 4) is 0 Å². The molecule has 0 aliphatic heterocycles. The van der Waals surface area contributed by atoms with Crippen LogP contribution in [0.2, 0.25) is 4.34 Å². The maximum atomic E-state index is 12.0. The van der Waals surface area contributed by atoms with Crippen LogP contribution in [0.5, 0.6) is 0 Å². The average Bonchev–Trinajstić information content (AvgIpc) is 2.86. The maximum absolute atomic E-state index is 12.0. The molecule has 6 nitrogen and oxygen atoms in total. The van der Waals surface area contributed by atoms with E-state index in [9.17, 15) is 14.4 Å². The molecule has 2 aromatic heterocycles. The van der Waals surface area contributed by atoms with Crippen LogP contribution in [-0.4, -0.2) is 15.0 Å². The molecule has 0 saturated carbocycles. The van der Waals surface area contributed by atoms with Crippen molar-refractivity contribution in [3.05, 3.63) is 54.4 Å². The van der Waals surface area contributed by atoms with Gasteiger partial charge < -0.3 is 5.32 Å². The lowest BCUT2D eigenvalue weighted by Crippen LogP contribution is -2.40. The summed E-state index contributed by atoms with van der Waals surface area (Å²) in [6.07, 6.45) is 1.32. The van der Waals surface area contributed by atoms with Gasteiger partial charge in [-0.15, -0.1) is 11.3 Å². The van der Waals surface area contributed by atoms with Crippen LogP contribution in [0.15, 0.2) is 34.0 Å². The van der Waals surface area contributed by atoms with E-state index in [2.05, 4.69) is 5.32 Å². The standard InChI is InChI=1S/C13H14ClN3O3S/c1-8(9-3-4-10(14)21-9)15-11(18)7-17-6-5-12(19)16(2)13(17)20/h3-6,8H,7H2,1-2H3,(H,15,18)/t8-/m1/s1. The van der Waals surface area contributed by atoms with Crippen molar-refractivity contribution in [1.29, 1.82) is 0 Å². The first-order valence-electron chi connectivity index (χ1n) is 6.19. The molecular weight excluding hydrogens is 314 g/mol. The summed E-state index contributed by atoms with van der Waals surface area (Å²) < 4.78 is 2.79. The van der Waals surface area contributed by atoms with Crippen molar-refractivity contribution in [1.82, 2.24) is 14.5 Å². The molecule has 0 aliphatic rings. The Hall–Kier alpha value is -1.86. The van der Waals surface area contributed by atoms with Gasteiger partial charge in [-0.3, -0.25) is 18.7 Å². The molecule has 2 aromatic rings. The minimum atomic E-state index is -0.524. The summed E-state index contributed by atoms with van der Waals surface area (Å²) in [6.45, 7) is 1.69. The van der Waals surface area contributed by atoms with Crippen LogP contribution in [0, 0.1) is 0 Å². The zero-order valence-electron chi connectivity index (χ0n) is 11.5. The van der Waals surface area contributed by atoms with Crippen molar-refractivity contribution in [2.75, 3.05) is 0 Å². The first kappa shape index (κ1) is 15.5. The Kier molecular flexibility index (Phi) is 4.64. The number of amides is 1. The van der Waals surface area contributed by atoms with Crippen LogP contribution in [0.25, 0.3) is 0 Å².